The number of nitrogens with zero attached hydrogens (tertiary/aromatic N) is 2. The van der Waals surface area contributed by atoms with Crippen LogP contribution >= 0.6 is 11.6 Å². The van der Waals surface area contributed by atoms with Gasteiger partial charge in [-0.25, -0.2) is 0 Å². The highest BCUT2D eigenvalue weighted by molar-refractivity contribution is 6.27. The van der Waals surface area contributed by atoms with Gasteiger partial charge in [0.05, 0.1) is 32.3 Å². The maximum Gasteiger partial charge on any atom is 0.237 e. The molecular weight excluding hydrogens is 220 g/mol. The molecule has 0 aromatic rings. The van der Waals surface area contributed by atoms with Gasteiger partial charge in [0.1, 0.15) is 5.88 Å². The molecule has 1 amide bonds. The Kier molecular flexibility index (Phi) is 9.18. The van der Waals surface area contributed by atoms with Crippen molar-refractivity contribution in [1.82, 2.24) is 4.90 Å². The van der Waals surface area contributed by atoms with E-state index in [-0.39, 0.29) is 31.4 Å². The lowest BCUT2D eigenvalue weighted by molar-refractivity contribution is -0.129. The second kappa shape index (κ2) is 9.71. The predicted molar refractivity (Wildman–Crippen MR) is 55.4 cm³/mol. The van der Waals surface area contributed by atoms with E-state index in [1.165, 1.54) is 4.90 Å². The summed E-state index contributed by atoms with van der Waals surface area (Å²) < 4.78 is 5.02. The van der Waals surface area contributed by atoms with Crippen molar-refractivity contribution in [2.45, 2.75) is 6.42 Å². The van der Waals surface area contributed by atoms with Crippen LogP contribution in [0.1, 0.15) is 6.42 Å². The van der Waals surface area contributed by atoms with E-state index >= 15 is 0 Å². The molecule has 0 saturated carbocycles. The van der Waals surface area contributed by atoms with Crippen molar-refractivity contribution >= 4 is 17.5 Å². The van der Waals surface area contributed by atoms with Gasteiger partial charge < -0.3 is 14.7 Å². The van der Waals surface area contributed by atoms with E-state index in [0.29, 0.717) is 19.7 Å². The van der Waals surface area contributed by atoms with Crippen LogP contribution in [0.4, 0.5) is 0 Å². The molecule has 5 nitrogen and oxygen atoms in total. The smallest absolute Gasteiger partial charge is 0.237 e. The van der Waals surface area contributed by atoms with Crippen LogP contribution < -0.4 is 0 Å². The van der Waals surface area contributed by atoms with E-state index in [1.807, 2.05) is 6.07 Å². The molecule has 86 valence electrons. The monoisotopic (exact) mass is 234 g/mol. The largest absolute Gasteiger partial charge is 0.394 e. The predicted octanol–water partition coefficient (Wildman–Crippen LogP) is -0.0236. The van der Waals surface area contributed by atoms with Gasteiger partial charge >= 0.3 is 0 Å². The number of halogens is 1. The number of ether oxygens (including phenoxy) is 1. The van der Waals surface area contributed by atoms with Crippen molar-refractivity contribution in [2.75, 3.05) is 38.8 Å². The van der Waals surface area contributed by atoms with Gasteiger partial charge in [-0.05, 0) is 0 Å². The first kappa shape index (κ1) is 14.2. The lowest BCUT2D eigenvalue weighted by Crippen LogP contribution is -2.35. The Hall–Kier alpha value is -0.830. The molecular formula is C9H15ClN2O3. The van der Waals surface area contributed by atoms with Crippen molar-refractivity contribution in [3.8, 4) is 6.07 Å². The highest BCUT2D eigenvalue weighted by Crippen LogP contribution is 1.95. The lowest BCUT2D eigenvalue weighted by atomic mass is 10.4. The Labute approximate surface area is 94.2 Å². The molecule has 1 N–H and O–H groups in total. The molecule has 6 heteroatoms. The molecule has 0 aromatic heterocycles. The van der Waals surface area contributed by atoms with Crippen molar-refractivity contribution in [1.29, 1.82) is 5.26 Å². The fraction of sp³-hybridized carbons (Fsp3) is 0.778. The first-order valence-corrected chi connectivity index (χ1v) is 5.19. The summed E-state index contributed by atoms with van der Waals surface area (Å²) in [5.41, 5.74) is 0. The number of aliphatic hydroxyl groups excluding tert-OH is 1. The number of nitriles is 1. The summed E-state index contributed by atoms with van der Waals surface area (Å²) in [4.78, 5) is 12.7. The van der Waals surface area contributed by atoms with Crippen LogP contribution in [-0.2, 0) is 9.53 Å². The van der Waals surface area contributed by atoms with Crippen LogP contribution in [0.25, 0.3) is 0 Å². The number of carbonyl (C=O) groups is 1. The average Bonchev–Trinajstić information content (AvgIpc) is 2.27. The number of amides is 1. The molecule has 0 aliphatic carbocycles. The Bertz CT molecular complexity index is 218. The quantitative estimate of drug-likeness (QED) is 0.473. The first-order chi connectivity index (χ1) is 7.26. The summed E-state index contributed by atoms with van der Waals surface area (Å²) in [6.07, 6.45) is 0.280. The van der Waals surface area contributed by atoms with Crippen LogP contribution in [-0.4, -0.2) is 54.7 Å². The molecule has 0 heterocycles. The minimum absolute atomic E-state index is 0.0400. The van der Waals surface area contributed by atoms with E-state index in [2.05, 4.69) is 0 Å². The van der Waals surface area contributed by atoms with Gasteiger partial charge in [0, 0.05) is 13.1 Å². The van der Waals surface area contributed by atoms with Gasteiger partial charge in [-0.2, -0.15) is 5.26 Å². The summed E-state index contributed by atoms with van der Waals surface area (Å²) in [5.74, 6) is -0.301. The minimum atomic E-state index is -0.209. The highest BCUT2D eigenvalue weighted by Gasteiger charge is 2.11. The normalized spacial score (nSPS) is 9.67. The second-order valence-electron chi connectivity index (χ2n) is 2.76. The summed E-state index contributed by atoms with van der Waals surface area (Å²) >= 11 is 5.41. The Morgan fingerprint density at radius 3 is 2.73 bits per heavy atom. The molecule has 0 rings (SSSR count). The molecule has 0 aromatic carbocycles. The lowest BCUT2D eigenvalue weighted by Gasteiger charge is -2.20. The zero-order chi connectivity index (χ0) is 11.5. The van der Waals surface area contributed by atoms with E-state index in [1.54, 1.807) is 0 Å². The van der Waals surface area contributed by atoms with Gasteiger partial charge in [-0.15, -0.1) is 11.6 Å². The van der Waals surface area contributed by atoms with Crippen LogP contribution in [0.15, 0.2) is 0 Å². The van der Waals surface area contributed by atoms with Gasteiger partial charge in [0.2, 0.25) is 5.91 Å². The second-order valence-corrected chi connectivity index (χ2v) is 3.03. The Morgan fingerprint density at radius 2 is 2.20 bits per heavy atom. The molecule has 0 aliphatic rings. The van der Waals surface area contributed by atoms with Crippen LogP contribution in [0.5, 0.6) is 0 Å². The minimum Gasteiger partial charge on any atom is -0.394 e. The molecule has 0 fully saturated rings. The summed E-state index contributed by atoms with van der Waals surface area (Å²) in [6, 6.07) is 1.96. The number of hydrogen-bond donors (Lipinski definition) is 1. The number of aliphatic hydroxyl groups is 1. The van der Waals surface area contributed by atoms with Gasteiger partial charge in [0.15, 0.2) is 0 Å². The van der Waals surface area contributed by atoms with Crippen molar-refractivity contribution in [3.63, 3.8) is 0 Å². The molecule has 0 aliphatic heterocycles. The maximum atomic E-state index is 11.3. The number of alkyl halides is 1. The third-order valence-electron chi connectivity index (χ3n) is 1.70. The number of carbonyl (C=O) groups excluding carboxylic acids is 1. The Balaban J connectivity index is 3.80. The summed E-state index contributed by atoms with van der Waals surface area (Å²) in [6.45, 7) is 1.31. The first-order valence-electron chi connectivity index (χ1n) is 4.65. The number of hydrogen-bond acceptors (Lipinski definition) is 4. The van der Waals surface area contributed by atoms with Crippen LogP contribution in [0.3, 0.4) is 0 Å². The molecule has 0 radical (unpaired) electrons. The van der Waals surface area contributed by atoms with E-state index in [0.717, 1.165) is 0 Å². The van der Waals surface area contributed by atoms with E-state index < -0.39 is 0 Å². The molecule has 0 saturated heterocycles. The maximum absolute atomic E-state index is 11.3. The fourth-order valence-electron chi connectivity index (χ4n) is 0.972. The average molecular weight is 235 g/mol. The van der Waals surface area contributed by atoms with Crippen molar-refractivity contribution in [3.05, 3.63) is 0 Å². The molecule has 0 unspecified atom stereocenters. The summed E-state index contributed by atoms with van der Waals surface area (Å²) in [7, 11) is 0. The van der Waals surface area contributed by atoms with Crippen molar-refractivity contribution in [2.24, 2.45) is 0 Å². The zero-order valence-electron chi connectivity index (χ0n) is 8.49. The molecule has 0 bridgehead atoms. The molecule has 0 spiro atoms. The molecule has 0 atom stereocenters. The van der Waals surface area contributed by atoms with Gasteiger partial charge in [0.25, 0.3) is 0 Å². The fourth-order valence-corrected chi connectivity index (χ4v) is 1.14. The SMILES string of the molecule is N#CCCN(CCOCCO)C(=O)CCl. The number of rotatable bonds is 8. The summed E-state index contributed by atoms with van der Waals surface area (Å²) in [5, 5.41) is 16.9. The topological polar surface area (TPSA) is 73.6 Å². The zero-order valence-corrected chi connectivity index (χ0v) is 9.24. The van der Waals surface area contributed by atoms with Gasteiger partial charge in [-0.1, -0.05) is 0 Å². The standard InChI is InChI=1S/C9H15ClN2O3/c10-8-9(14)12(3-1-2-11)4-6-15-7-5-13/h13H,1,3-8H2. The van der Waals surface area contributed by atoms with E-state index in [4.69, 9.17) is 26.7 Å². The highest BCUT2D eigenvalue weighted by atomic mass is 35.5. The third-order valence-corrected chi connectivity index (χ3v) is 1.93. The van der Waals surface area contributed by atoms with Crippen LogP contribution in [0.2, 0.25) is 0 Å². The third kappa shape index (κ3) is 7.14. The van der Waals surface area contributed by atoms with Crippen molar-refractivity contribution < 1.29 is 14.6 Å². The van der Waals surface area contributed by atoms with Crippen LogP contribution in [0, 0.1) is 11.3 Å². The molecule has 15 heavy (non-hydrogen) atoms. The van der Waals surface area contributed by atoms with Gasteiger partial charge in [-0.3, -0.25) is 4.79 Å². The Morgan fingerprint density at radius 1 is 1.47 bits per heavy atom. The van der Waals surface area contributed by atoms with E-state index in [9.17, 15) is 4.79 Å².